The maximum atomic E-state index is 11.4. The molecule has 1 aliphatic carbocycles. The first-order chi connectivity index (χ1) is 6.74. The Kier molecular flexibility index (Phi) is 4.63. The highest BCUT2D eigenvalue weighted by Gasteiger charge is 2.16. The average Bonchev–Trinajstić information content (AvgIpc) is 2.67. The van der Waals surface area contributed by atoms with Crippen molar-refractivity contribution in [2.75, 3.05) is 6.54 Å². The zero-order valence-corrected chi connectivity index (χ0v) is 8.94. The lowest BCUT2D eigenvalue weighted by Crippen LogP contribution is -2.33. The Morgan fingerprint density at radius 1 is 1.43 bits per heavy atom. The molecule has 1 aliphatic rings. The highest BCUT2D eigenvalue weighted by atomic mass is 16.1. The van der Waals surface area contributed by atoms with E-state index >= 15 is 0 Å². The molecule has 0 heterocycles. The van der Waals surface area contributed by atoms with Crippen molar-refractivity contribution < 1.29 is 4.79 Å². The van der Waals surface area contributed by atoms with Crippen LogP contribution in [0.2, 0.25) is 0 Å². The van der Waals surface area contributed by atoms with Crippen molar-refractivity contribution in [3.05, 3.63) is 0 Å². The first-order valence-corrected chi connectivity index (χ1v) is 5.59. The molecule has 3 nitrogen and oxygen atoms in total. The van der Waals surface area contributed by atoms with Crippen molar-refractivity contribution in [3.63, 3.8) is 0 Å². The van der Waals surface area contributed by atoms with E-state index in [9.17, 15) is 4.79 Å². The highest BCUT2D eigenvalue weighted by molar-refractivity contribution is 6.37. The minimum atomic E-state index is -0.168. The van der Waals surface area contributed by atoms with Crippen LogP contribution in [0.4, 0.5) is 0 Å². The second-order valence-corrected chi connectivity index (χ2v) is 4.09. The van der Waals surface area contributed by atoms with Crippen LogP contribution in [0.15, 0.2) is 0 Å². The van der Waals surface area contributed by atoms with Gasteiger partial charge in [-0.2, -0.15) is 0 Å². The van der Waals surface area contributed by atoms with Crippen LogP contribution >= 0.6 is 0 Å². The van der Waals surface area contributed by atoms with E-state index in [1.807, 2.05) is 6.92 Å². The predicted octanol–water partition coefficient (Wildman–Crippen LogP) is 2.11. The zero-order valence-electron chi connectivity index (χ0n) is 8.94. The van der Waals surface area contributed by atoms with Gasteiger partial charge >= 0.3 is 0 Å². The fraction of sp³-hybridized carbons (Fsp3) is 0.818. The molecule has 0 bridgehead atoms. The number of carbonyl (C=O) groups excluding carboxylic acids is 1. The van der Waals surface area contributed by atoms with Crippen molar-refractivity contribution in [2.45, 2.75) is 45.4 Å². The van der Waals surface area contributed by atoms with Crippen molar-refractivity contribution in [1.82, 2.24) is 5.32 Å². The van der Waals surface area contributed by atoms with Crippen molar-refractivity contribution in [1.29, 1.82) is 5.41 Å². The fourth-order valence-corrected chi connectivity index (χ4v) is 1.92. The topological polar surface area (TPSA) is 53.0 Å². The molecule has 0 aromatic heterocycles. The molecule has 0 aliphatic heterocycles. The normalized spacial score (nSPS) is 16.9. The van der Waals surface area contributed by atoms with Crippen molar-refractivity contribution in [2.24, 2.45) is 5.92 Å². The lowest BCUT2D eigenvalue weighted by molar-refractivity contribution is -0.115. The van der Waals surface area contributed by atoms with Crippen LogP contribution in [0.1, 0.15) is 45.4 Å². The van der Waals surface area contributed by atoms with E-state index in [1.54, 1.807) is 0 Å². The fourth-order valence-electron chi connectivity index (χ4n) is 1.92. The monoisotopic (exact) mass is 196 g/mol. The molecule has 80 valence electrons. The number of hydrogen-bond donors (Lipinski definition) is 2. The minimum absolute atomic E-state index is 0.168. The standard InChI is InChI=1S/C11H20N2O/c1-2-5-10(12)11(14)13-8-9-6-3-4-7-9/h9,12H,2-8H2,1H3,(H,13,14). The summed E-state index contributed by atoms with van der Waals surface area (Å²) in [4.78, 5) is 11.4. The summed E-state index contributed by atoms with van der Waals surface area (Å²) in [6.07, 6.45) is 6.54. The van der Waals surface area contributed by atoms with Gasteiger partial charge in [0.1, 0.15) is 0 Å². The molecule has 0 spiro atoms. The van der Waals surface area contributed by atoms with E-state index < -0.39 is 0 Å². The number of carbonyl (C=O) groups is 1. The van der Waals surface area contributed by atoms with E-state index in [0.29, 0.717) is 12.3 Å². The summed E-state index contributed by atoms with van der Waals surface area (Å²) in [6.45, 7) is 2.75. The molecular formula is C11H20N2O. The highest BCUT2D eigenvalue weighted by Crippen LogP contribution is 2.23. The molecule has 1 fully saturated rings. The first-order valence-electron chi connectivity index (χ1n) is 5.59. The first kappa shape index (κ1) is 11.2. The second-order valence-electron chi connectivity index (χ2n) is 4.09. The van der Waals surface area contributed by atoms with E-state index in [0.717, 1.165) is 13.0 Å². The van der Waals surface area contributed by atoms with Gasteiger partial charge in [-0.05, 0) is 25.2 Å². The largest absolute Gasteiger partial charge is 0.351 e. The van der Waals surface area contributed by atoms with Gasteiger partial charge in [0.25, 0.3) is 5.91 Å². The molecule has 0 aromatic rings. The summed E-state index contributed by atoms with van der Waals surface area (Å²) in [6, 6.07) is 0. The number of amides is 1. The van der Waals surface area contributed by atoms with Gasteiger partial charge in [0.2, 0.25) is 0 Å². The Bertz CT molecular complexity index is 207. The van der Waals surface area contributed by atoms with Gasteiger partial charge in [-0.1, -0.05) is 26.2 Å². The van der Waals surface area contributed by atoms with Gasteiger partial charge in [0.05, 0.1) is 5.71 Å². The van der Waals surface area contributed by atoms with Gasteiger partial charge < -0.3 is 5.32 Å². The van der Waals surface area contributed by atoms with Crippen LogP contribution in [0, 0.1) is 11.3 Å². The van der Waals surface area contributed by atoms with Crippen LogP contribution in [-0.4, -0.2) is 18.2 Å². The molecule has 1 saturated carbocycles. The van der Waals surface area contributed by atoms with Gasteiger partial charge in [-0.25, -0.2) is 0 Å². The molecule has 2 N–H and O–H groups in total. The molecule has 0 radical (unpaired) electrons. The van der Waals surface area contributed by atoms with Gasteiger partial charge in [0, 0.05) is 6.54 Å². The molecule has 0 atom stereocenters. The quantitative estimate of drug-likeness (QED) is 0.650. The van der Waals surface area contributed by atoms with E-state index in [-0.39, 0.29) is 11.6 Å². The van der Waals surface area contributed by atoms with Crippen LogP contribution in [0.25, 0.3) is 0 Å². The summed E-state index contributed by atoms with van der Waals surface area (Å²) in [5.74, 6) is 0.493. The Labute approximate surface area is 85.8 Å². The molecular weight excluding hydrogens is 176 g/mol. The SMILES string of the molecule is CCCC(=N)C(=O)NCC1CCCC1. The Morgan fingerprint density at radius 3 is 2.64 bits per heavy atom. The number of hydrogen-bond acceptors (Lipinski definition) is 2. The van der Waals surface area contributed by atoms with Crippen molar-refractivity contribution >= 4 is 11.6 Å². The minimum Gasteiger partial charge on any atom is -0.351 e. The molecule has 0 unspecified atom stereocenters. The van der Waals surface area contributed by atoms with E-state index in [2.05, 4.69) is 5.32 Å². The molecule has 14 heavy (non-hydrogen) atoms. The van der Waals surface area contributed by atoms with E-state index in [1.165, 1.54) is 25.7 Å². The summed E-state index contributed by atoms with van der Waals surface area (Å²) in [7, 11) is 0. The third kappa shape index (κ3) is 3.48. The smallest absolute Gasteiger partial charge is 0.264 e. The predicted molar refractivity (Wildman–Crippen MR) is 57.6 cm³/mol. The molecule has 0 saturated heterocycles. The number of rotatable bonds is 5. The molecule has 3 heteroatoms. The third-order valence-corrected chi connectivity index (χ3v) is 2.80. The van der Waals surface area contributed by atoms with Crippen LogP contribution < -0.4 is 5.32 Å². The van der Waals surface area contributed by atoms with Gasteiger partial charge in [-0.3, -0.25) is 10.2 Å². The third-order valence-electron chi connectivity index (χ3n) is 2.80. The Morgan fingerprint density at radius 2 is 2.07 bits per heavy atom. The Hall–Kier alpha value is -0.860. The molecule has 1 rings (SSSR count). The van der Waals surface area contributed by atoms with Crippen molar-refractivity contribution in [3.8, 4) is 0 Å². The molecule has 0 aromatic carbocycles. The summed E-state index contributed by atoms with van der Waals surface area (Å²) in [5.41, 5.74) is 0.227. The summed E-state index contributed by atoms with van der Waals surface area (Å²) in [5, 5.41) is 10.3. The summed E-state index contributed by atoms with van der Waals surface area (Å²) >= 11 is 0. The summed E-state index contributed by atoms with van der Waals surface area (Å²) < 4.78 is 0. The van der Waals surface area contributed by atoms with E-state index in [4.69, 9.17) is 5.41 Å². The maximum Gasteiger partial charge on any atom is 0.264 e. The second kappa shape index (κ2) is 5.78. The lowest BCUT2D eigenvalue weighted by Gasteiger charge is -2.10. The van der Waals surface area contributed by atoms with Crippen LogP contribution in [0.5, 0.6) is 0 Å². The Balaban J connectivity index is 2.16. The van der Waals surface area contributed by atoms with Gasteiger partial charge in [0.15, 0.2) is 0 Å². The average molecular weight is 196 g/mol. The zero-order chi connectivity index (χ0) is 10.4. The maximum absolute atomic E-state index is 11.4. The van der Waals surface area contributed by atoms with Crippen LogP contribution in [-0.2, 0) is 4.79 Å². The molecule has 1 amide bonds. The number of nitrogens with one attached hydrogen (secondary N) is 2. The van der Waals surface area contributed by atoms with Crippen LogP contribution in [0.3, 0.4) is 0 Å². The van der Waals surface area contributed by atoms with Gasteiger partial charge in [-0.15, -0.1) is 0 Å². The lowest BCUT2D eigenvalue weighted by atomic mass is 10.1.